The van der Waals surface area contributed by atoms with Crippen LogP contribution in [0.5, 0.6) is 0 Å². The molecule has 1 aliphatic carbocycles. The van der Waals surface area contributed by atoms with Crippen molar-refractivity contribution in [2.45, 2.75) is 32.2 Å². The van der Waals surface area contributed by atoms with Crippen LogP contribution in [0.1, 0.15) is 25.3 Å². The Balaban J connectivity index is 1.54. The summed E-state index contributed by atoms with van der Waals surface area (Å²) in [6, 6.07) is 6.21. The monoisotopic (exact) mass is 421 g/mol. The molecule has 2 aromatic rings. The van der Waals surface area contributed by atoms with E-state index in [-0.39, 0.29) is 17.5 Å². The second kappa shape index (κ2) is 9.47. The number of aromatic amines is 1. The number of aromatic nitrogens is 2. The van der Waals surface area contributed by atoms with E-state index in [0.717, 1.165) is 24.2 Å². The Bertz CT molecular complexity index is 1010. The SMILES string of the molecule is CCc1ccnc(-c2c[nH]c(=O)c(N(CC3CC3)C3CN(C(=O)/C=C/CNC)C3)c2)c1. The van der Waals surface area contributed by atoms with Gasteiger partial charge in [-0.1, -0.05) is 13.0 Å². The first-order chi connectivity index (χ1) is 15.1. The Kier molecular flexibility index (Phi) is 6.51. The lowest BCUT2D eigenvalue weighted by atomic mass is 10.0. The number of H-pyrrole nitrogens is 1. The lowest BCUT2D eigenvalue weighted by Crippen LogP contribution is -2.62. The highest BCUT2D eigenvalue weighted by molar-refractivity contribution is 5.88. The molecule has 164 valence electrons. The number of likely N-dealkylation sites (tertiary alicyclic amines) is 1. The second-order valence-corrected chi connectivity index (χ2v) is 8.46. The zero-order valence-corrected chi connectivity index (χ0v) is 18.3. The number of rotatable bonds is 9. The summed E-state index contributed by atoms with van der Waals surface area (Å²) in [5.74, 6) is 0.658. The summed E-state index contributed by atoms with van der Waals surface area (Å²) in [5.41, 5.74) is 3.58. The lowest BCUT2D eigenvalue weighted by molar-refractivity contribution is -0.130. The molecule has 0 atom stereocenters. The van der Waals surface area contributed by atoms with E-state index in [2.05, 4.69) is 33.2 Å². The Labute approximate surface area is 183 Å². The van der Waals surface area contributed by atoms with Crippen LogP contribution in [-0.2, 0) is 11.2 Å². The van der Waals surface area contributed by atoms with E-state index in [1.165, 1.54) is 18.4 Å². The van der Waals surface area contributed by atoms with Crippen molar-refractivity contribution in [1.82, 2.24) is 20.2 Å². The molecule has 7 heteroatoms. The third kappa shape index (κ3) is 5.05. The van der Waals surface area contributed by atoms with Gasteiger partial charge >= 0.3 is 0 Å². The van der Waals surface area contributed by atoms with Gasteiger partial charge in [-0.15, -0.1) is 0 Å². The van der Waals surface area contributed by atoms with Crippen LogP contribution < -0.4 is 15.8 Å². The highest BCUT2D eigenvalue weighted by atomic mass is 16.2. The molecule has 2 aromatic heterocycles. The topological polar surface area (TPSA) is 81.3 Å². The lowest BCUT2D eigenvalue weighted by Gasteiger charge is -2.46. The molecule has 1 aliphatic heterocycles. The first kappa shape index (κ1) is 21.3. The van der Waals surface area contributed by atoms with Gasteiger partial charge in [0.05, 0.1) is 11.7 Å². The highest BCUT2D eigenvalue weighted by Gasteiger charge is 2.37. The van der Waals surface area contributed by atoms with Gasteiger partial charge in [-0.05, 0) is 56.0 Å². The maximum absolute atomic E-state index is 12.8. The van der Waals surface area contributed by atoms with Gasteiger partial charge in [0.1, 0.15) is 5.69 Å². The minimum atomic E-state index is -0.0882. The van der Waals surface area contributed by atoms with Gasteiger partial charge in [0, 0.05) is 50.2 Å². The predicted octanol–water partition coefficient (Wildman–Crippen LogP) is 2.20. The van der Waals surface area contributed by atoms with Gasteiger partial charge in [0.2, 0.25) is 5.91 Å². The number of nitrogens with one attached hydrogen (secondary N) is 2. The standard InChI is InChI=1S/C24H31N5O2/c1-3-17-8-10-26-21(11-17)19-12-22(24(31)27-13-19)29(14-18-6-7-18)20-15-28(16-20)23(30)5-4-9-25-2/h4-5,8,10-13,18,20,25H,3,6-7,9,14-16H2,1-2H3,(H,27,31)/b5-4+. The number of carbonyl (C=O) groups is 1. The maximum Gasteiger partial charge on any atom is 0.271 e. The fourth-order valence-electron chi connectivity index (χ4n) is 3.92. The van der Waals surface area contributed by atoms with E-state index in [1.54, 1.807) is 12.3 Å². The van der Waals surface area contributed by atoms with Crippen molar-refractivity contribution < 1.29 is 4.79 Å². The van der Waals surface area contributed by atoms with Gasteiger partial charge < -0.3 is 20.1 Å². The number of pyridine rings is 2. The second-order valence-electron chi connectivity index (χ2n) is 8.46. The fraction of sp³-hybridized carbons (Fsp3) is 0.458. The normalized spacial score (nSPS) is 16.5. The quantitative estimate of drug-likeness (QED) is 0.607. The summed E-state index contributed by atoms with van der Waals surface area (Å²) in [6.07, 6.45) is 10.4. The summed E-state index contributed by atoms with van der Waals surface area (Å²) in [4.78, 5) is 36.6. The van der Waals surface area contributed by atoms with Crippen LogP contribution in [0, 0.1) is 5.92 Å². The van der Waals surface area contributed by atoms with E-state index < -0.39 is 0 Å². The molecule has 0 unspecified atom stereocenters. The molecule has 0 aromatic carbocycles. The number of hydrogen-bond acceptors (Lipinski definition) is 5. The van der Waals surface area contributed by atoms with Crippen molar-refractivity contribution in [2.75, 3.05) is 38.1 Å². The van der Waals surface area contributed by atoms with Gasteiger partial charge in [-0.2, -0.15) is 0 Å². The van der Waals surface area contributed by atoms with E-state index in [9.17, 15) is 9.59 Å². The van der Waals surface area contributed by atoms with Crippen molar-refractivity contribution in [3.8, 4) is 11.3 Å². The largest absolute Gasteiger partial charge is 0.360 e. The van der Waals surface area contributed by atoms with Crippen molar-refractivity contribution >= 4 is 11.6 Å². The Morgan fingerprint density at radius 2 is 2.16 bits per heavy atom. The van der Waals surface area contributed by atoms with Crippen molar-refractivity contribution in [3.63, 3.8) is 0 Å². The molecule has 4 rings (SSSR count). The van der Waals surface area contributed by atoms with Crippen LogP contribution in [0.2, 0.25) is 0 Å². The smallest absolute Gasteiger partial charge is 0.271 e. The number of anilines is 1. The van der Waals surface area contributed by atoms with Gasteiger partial charge in [0.15, 0.2) is 0 Å². The number of likely N-dealkylation sites (N-methyl/N-ethyl adjacent to an activating group) is 1. The first-order valence-corrected chi connectivity index (χ1v) is 11.1. The minimum absolute atomic E-state index is 0.0288. The zero-order valence-electron chi connectivity index (χ0n) is 18.3. The maximum atomic E-state index is 12.8. The zero-order chi connectivity index (χ0) is 21.8. The van der Waals surface area contributed by atoms with E-state index in [1.807, 2.05) is 36.4 Å². The Hall–Kier alpha value is -2.93. The third-order valence-electron chi connectivity index (χ3n) is 6.07. The number of hydrogen-bond donors (Lipinski definition) is 2. The number of amides is 1. The molecular formula is C24H31N5O2. The van der Waals surface area contributed by atoms with Crippen molar-refractivity contribution in [2.24, 2.45) is 5.92 Å². The van der Waals surface area contributed by atoms with Crippen LogP contribution in [0.4, 0.5) is 5.69 Å². The molecule has 0 bridgehead atoms. The van der Waals surface area contributed by atoms with Crippen molar-refractivity contribution in [3.05, 3.63) is 58.7 Å². The fourth-order valence-corrected chi connectivity index (χ4v) is 3.92. The molecule has 2 aliphatic rings. The van der Waals surface area contributed by atoms with Crippen LogP contribution in [0.25, 0.3) is 11.3 Å². The molecule has 0 spiro atoms. The molecule has 2 N–H and O–H groups in total. The Morgan fingerprint density at radius 3 is 2.87 bits per heavy atom. The molecule has 1 amide bonds. The van der Waals surface area contributed by atoms with Crippen LogP contribution in [0.3, 0.4) is 0 Å². The minimum Gasteiger partial charge on any atom is -0.360 e. The number of carbonyl (C=O) groups excluding carboxylic acids is 1. The summed E-state index contributed by atoms with van der Waals surface area (Å²) in [7, 11) is 1.85. The van der Waals surface area contributed by atoms with E-state index in [0.29, 0.717) is 31.2 Å². The summed E-state index contributed by atoms with van der Waals surface area (Å²) in [5, 5.41) is 3.00. The molecular weight excluding hydrogens is 390 g/mol. The molecule has 0 radical (unpaired) electrons. The average molecular weight is 422 g/mol. The van der Waals surface area contributed by atoms with Gasteiger partial charge in [-0.25, -0.2) is 0 Å². The van der Waals surface area contributed by atoms with Crippen LogP contribution in [0.15, 0.2) is 47.5 Å². The third-order valence-corrected chi connectivity index (χ3v) is 6.07. The molecule has 31 heavy (non-hydrogen) atoms. The first-order valence-electron chi connectivity index (χ1n) is 11.1. The summed E-state index contributed by atoms with van der Waals surface area (Å²) >= 11 is 0. The Morgan fingerprint density at radius 1 is 1.35 bits per heavy atom. The number of nitrogens with zero attached hydrogens (tertiary/aromatic N) is 3. The van der Waals surface area contributed by atoms with Crippen molar-refractivity contribution in [1.29, 1.82) is 0 Å². The molecule has 7 nitrogen and oxygen atoms in total. The molecule has 1 saturated heterocycles. The molecule has 3 heterocycles. The van der Waals surface area contributed by atoms with E-state index in [4.69, 9.17) is 0 Å². The van der Waals surface area contributed by atoms with Crippen LogP contribution >= 0.6 is 0 Å². The summed E-state index contributed by atoms with van der Waals surface area (Å²) in [6.45, 7) is 4.93. The molecule has 2 fully saturated rings. The van der Waals surface area contributed by atoms with E-state index >= 15 is 0 Å². The summed E-state index contributed by atoms with van der Waals surface area (Å²) < 4.78 is 0. The molecule has 1 saturated carbocycles. The van der Waals surface area contributed by atoms with Gasteiger partial charge in [-0.3, -0.25) is 14.6 Å². The number of aryl methyl sites for hydroxylation is 1. The predicted molar refractivity (Wildman–Crippen MR) is 123 cm³/mol. The van der Waals surface area contributed by atoms with Gasteiger partial charge in [0.25, 0.3) is 5.56 Å². The highest BCUT2D eigenvalue weighted by Crippen LogP contribution is 2.33. The average Bonchev–Trinajstić information content (AvgIpc) is 3.57. The van der Waals surface area contributed by atoms with Crippen LogP contribution in [-0.4, -0.2) is 60.0 Å².